The second kappa shape index (κ2) is 10.2. The lowest BCUT2D eigenvalue weighted by Gasteiger charge is -2.45. The smallest absolute Gasteiger partial charge is 0.370 e. The van der Waals surface area contributed by atoms with Gasteiger partial charge in [-0.25, -0.2) is 9.48 Å². The van der Waals surface area contributed by atoms with E-state index in [1.807, 2.05) is 19.2 Å². The van der Waals surface area contributed by atoms with Crippen molar-refractivity contribution in [2.45, 2.75) is 38.0 Å². The normalized spacial score (nSPS) is 15.9. The number of benzene rings is 2. The first kappa shape index (κ1) is 25.8. The number of carbonyl (C=O) groups is 3. The molecule has 2 aromatic carbocycles. The Hall–Kier alpha value is -3.79. The second-order valence-electron chi connectivity index (χ2n) is 9.93. The SMILES string of the molecule is COc1ccc(-n2nc(C(=O)OS)c3c2C(=O)N(c2ccc(C4(CN(C)C(C)=O)CCC4)cc2)CC3)cc1. The molecule has 2 heterocycles. The molecule has 5 rings (SSSR count). The molecule has 9 nitrogen and oxygen atoms in total. The maximum Gasteiger partial charge on any atom is 0.370 e. The third kappa shape index (κ3) is 4.42. The molecular formula is C28H30N4O5S. The minimum absolute atomic E-state index is 0.0485. The van der Waals surface area contributed by atoms with Crippen LogP contribution in [0.4, 0.5) is 5.69 Å². The molecule has 1 fully saturated rings. The molecule has 3 aromatic rings. The van der Waals surface area contributed by atoms with Crippen LogP contribution in [0.1, 0.15) is 58.3 Å². The van der Waals surface area contributed by atoms with Crippen molar-refractivity contribution in [1.82, 2.24) is 14.7 Å². The maximum absolute atomic E-state index is 13.9. The largest absolute Gasteiger partial charge is 0.497 e. The molecule has 10 heteroatoms. The predicted octanol–water partition coefficient (Wildman–Crippen LogP) is 3.99. The van der Waals surface area contributed by atoms with Crippen molar-refractivity contribution in [3.05, 3.63) is 71.0 Å². The van der Waals surface area contributed by atoms with Crippen molar-refractivity contribution in [3.8, 4) is 11.4 Å². The van der Waals surface area contributed by atoms with Crippen LogP contribution in [0.5, 0.6) is 5.75 Å². The summed E-state index contributed by atoms with van der Waals surface area (Å²) in [6.07, 6.45) is 3.62. The van der Waals surface area contributed by atoms with E-state index in [1.165, 1.54) is 10.2 Å². The van der Waals surface area contributed by atoms with Gasteiger partial charge < -0.3 is 18.7 Å². The fourth-order valence-corrected chi connectivity index (χ4v) is 5.51. The minimum atomic E-state index is -0.705. The number of carbonyl (C=O) groups excluding carboxylic acids is 3. The van der Waals surface area contributed by atoms with Crippen molar-refractivity contribution in [2.75, 3.05) is 32.1 Å². The average molecular weight is 535 g/mol. The first-order valence-corrected chi connectivity index (χ1v) is 12.9. The van der Waals surface area contributed by atoms with Gasteiger partial charge in [0.1, 0.15) is 11.4 Å². The summed E-state index contributed by atoms with van der Waals surface area (Å²) in [5.74, 6) is -0.243. The molecule has 1 saturated carbocycles. The zero-order valence-corrected chi connectivity index (χ0v) is 22.5. The molecule has 1 aromatic heterocycles. The highest BCUT2D eigenvalue weighted by Crippen LogP contribution is 2.45. The van der Waals surface area contributed by atoms with Gasteiger partial charge >= 0.3 is 5.97 Å². The summed E-state index contributed by atoms with van der Waals surface area (Å²) in [6.45, 7) is 2.66. The van der Waals surface area contributed by atoms with Gasteiger partial charge in [0, 0.05) is 56.6 Å². The van der Waals surface area contributed by atoms with E-state index in [1.54, 1.807) is 48.1 Å². The van der Waals surface area contributed by atoms with E-state index in [0.29, 0.717) is 42.2 Å². The molecule has 198 valence electrons. The third-order valence-electron chi connectivity index (χ3n) is 7.79. The summed E-state index contributed by atoms with van der Waals surface area (Å²) < 4.78 is 11.4. The average Bonchev–Trinajstić information content (AvgIpc) is 3.31. The number of methoxy groups -OCH3 is 1. The number of fused-ring (bicyclic) bond motifs is 1. The van der Waals surface area contributed by atoms with Crippen LogP contribution in [0.2, 0.25) is 0 Å². The van der Waals surface area contributed by atoms with Gasteiger partial charge in [0.2, 0.25) is 5.91 Å². The summed E-state index contributed by atoms with van der Waals surface area (Å²) >= 11 is 3.66. The Kier molecular flexibility index (Phi) is 6.92. The van der Waals surface area contributed by atoms with Crippen molar-refractivity contribution in [3.63, 3.8) is 0 Å². The molecule has 1 aliphatic heterocycles. The van der Waals surface area contributed by atoms with E-state index in [2.05, 4.69) is 34.3 Å². The van der Waals surface area contributed by atoms with Gasteiger partial charge in [0.15, 0.2) is 5.69 Å². The number of nitrogens with zero attached hydrogens (tertiary/aromatic N) is 4. The van der Waals surface area contributed by atoms with Crippen LogP contribution < -0.4 is 9.64 Å². The summed E-state index contributed by atoms with van der Waals surface area (Å²) in [7, 11) is 3.41. The molecule has 0 unspecified atom stereocenters. The highest BCUT2D eigenvalue weighted by atomic mass is 32.1. The number of thiol groups is 1. The number of aromatic nitrogens is 2. The Bertz CT molecular complexity index is 1380. The van der Waals surface area contributed by atoms with Gasteiger partial charge in [-0.05, 0) is 61.2 Å². The second-order valence-corrected chi connectivity index (χ2v) is 10.1. The van der Waals surface area contributed by atoms with Crippen LogP contribution in [0.3, 0.4) is 0 Å². The first-order chi connectivity index (χ1) is 18.3. The first-order valence-electron chi connectivity index (χ1n) is 12.5. The third-order valence-corrected chi connectivity index (χ3v) is 7.96. The highest BCUT2D eigenvalue weighted by Gasteiger charge is 2.40. The van der Waals surface area contributed by atoms with E-state index < -0.39 is 5.97 Å². The fraction of sp³-hybridized carbons (Fsp3) is 0.357. The van der Waals surface area contributed by atoms with Crippen LogP contribution in [0.25, 0.3) is 5.69 Å². The molecule has 38 heavy (non-hydrogen) atoms. The maximum atomic E-state index is 13.9. The van der Waals surface area contributed by atoms with Crippen molar-refractivity contribution < 1.29 is 23.3 Å². The zero-order valence-electron chi connectivity index (χ0n) is 21.6. The molecule has 1 aliphatic carbocycles. The summed E-state index contributed by atoms with van der Waals surface area (Å²) in [5.41, 5.74) is 3.44. The molecule has 2 amide bonds. The van der Waals surface area contributed by atoms with Crippen molar-refractivity contribution in [2.24, 2.45) is 0 Å². The minimum Gasteiger partial charge on any atom is -0.497 e. The lowest BCUT2D eigenvalue weighted by atomic mass is 9.64. The summed E-state index contributed by atoms with van der Waals surface area (Å²) in [5, 5.41) is 4.45. The lowest BCUT2D eigenvalue weighted by Crippen LogP contribution is -2.45. The van der Waals surface area contributed by atoms with Gasteiger partial charge in [-0.2, -0.15) is 5.10 Å². The Morgan fingerprint density at radius 1 is 1.08 bits per heavy atom. The number of hydrogen-bond donors (Lipinski definition) is 1. The topological polar surface area (TPSA) is 94.0 Å². The molecule has 2 aliphatic rings. The summed E-state index contributed by atoms with van der Waals surface area (Å²) in [4.78, 5) is 41.6. The lowest BCUT2D eigenvalue weighted by molar-refractivity contribution is -0.128. The van der Waals surface area contributed by atoms with Gasteiger partial charge in [0.25, 0.3) is 5.91 Å². The van der Waals surface area contributed by atoms with E-state index in [9.17, 15) is 14.4 Å². The molecule has 0 N–H and O–H groups in total. The number of likely N-dealkylation sites (N-methyl/N-ethyl adjacent to an activating group) is 1. The molecule has 0 bridgehead atoms. The van der Waals surface area contributed by atoms with Gasteiger partial charge in [-0.1, -0.05) is 18.6 Å². The van der Waals surface area contributed by atoms with Crippen LogP contribution >= 0.6 is 12.9 Å². The number of anilines is 1. The highest BCUT2D eigenvalue weighted by molar-refractivity contribution is 7.75. The monoisotopic (exact) mass is 534 g/mol. The van der Waals surface area contributed by atoms with E-state index in [-0.39, 0.29) is 22.9 Å². The molecule has 0 spiro atoms. The van der Waals surface area contributed by atoms with Crippen LogP contribution in [-0.2, 0) is 20.8 Å². The van der Waals surface area contributed by atoms with Gasteiger partial charge in [-0.15, -0.1) is 0 Å². The Morgan fingerprint density at radius 2 is 1.74 bits per heavy atom. The Balaban J connectivity index is 1.47. The number of hydrogen-bond acceptors (Lipinski definition) is 7. The number of ether oxygens (including phenoxy) is 1. The Morgan fingerprint density at radius 3 is 2.29 bits per heavy atom. The zero-order chi connectivity index (χ0) is 27.0. The number of amides is 2. The standard InChI is InChI=1S/C28H30N4O5S/c1-18(33)30(2)17-28(14-4-15-28)19-5-7-20(8-6-19)31-16-13-23-24(27(35)37-38)29-32(25(23)26(31)34)21-9-11-22(36-3)12-10-21/h5-12,38H,4,13-17H2,1-3H3. The molecule has 0 radical (unpaired) electrons. The predicted molar refractivity (Wildman–Crippen MR) is 145 cm³/mol. The van der Waals surface area contributed by atoms with Crippen LogP contribution in [-0.4, -0.2) is 59.7 Å². The van der Waals surface area contributed by atoms with E-state index in [4.69, 9.17) is 4.74 Å². The number of rotatable bonds is 7. The van der Waals surface area contributed by atoms with E-state index in [0.717, 1.165) is 24.9 Å². The van der Waals surface area contributed by atoms with Crippen molar-refractivity contribution in [1.29, 1.82) is 0 Å². The van der Waals surface area contributed by atoms with Crippen LogP contribution in [0, 0.1) is 0 Å². The van der Waals surface area contributed by atoms with Crippen molar-refractivity contribution >= 4 is 36.4 Å². The quantitative estimate of drug-likeness (QED) is 0.364. The molecular weight excluding hydrogens is 504 g/mol. The van der Waals surface area contributed by atoms with Gasteiger partial charge in [-0.3, -0.25) is 9.59 Å². The fourth-order valence-electron chi connectivity index (χ4n) is 5.43. The van der Waals surface area contributed by atoms with Gasteiger partial charge in [0.05, 0.1) is 12.8 Å². The van der Waals surface area contributed by atoms with Crippen LogP contribution in [0.15, 0.2) is 48.5 Å². The van der Waals surface area contributed by atoms with E-state index >= 15 is 0 Å². The summed E-state index contributed by atoms with van der Waals surface area (Å²) in [6, 6.07) is 15.1. The molecule has 0 saturated heterocycles. The molecule has 0 atom stereocenters. The Labute approximate surface area is 226 Å².